The molecule has 1 heterocycles. The van der Waals surface area contributed by atoms with Crippen molar-refractivity contribution in [3.05, 3.63) is 18.7 Å². The predicted octanol–water partition coefficient (Wildman–Crippen LogP) is 1.77. The van der Waals surface area contributed by atoms with E-state index >= 15 is 0 Å². The topological polar surface area (TPSA) is 17.8 Å². The Balaban J connectivity index is 2.59. The third-order valence-corrected chi connectivity index (χ3v) is 2.29. The lowest BCUT2D eigenvalue weighted by molar-refractivity contribution is 1.18. The maximum absolute atomic E-state index is 5.06. The monoisotopic (exact) mass is 172 g/mol. The Bertz CT molecular complexity index is 206. The van der Waals surface area contributed by atoms with Gasteiger partial charge in [0.1, 0.15) is 10.6 Å². The Morgan fingerprint density at radius 2 is 2.60 bits per heavy atom. The summed E-state index contributed by atoms with van der Waals surface area (Å²) in [7, 11) is 0. The fraction of sp³-hybridized carbons (Fsp3) is 0.333. The molecule has 0 saturated heterocycles. The maximum Gasteiger partial charge on any atom is 0.145 e. The highest BCUT2D eigenvalue weighted by Gasteiger charge is 1.95. The Kier molecular flexibility index (Phi) is 2.89. The lowest BCUT2D eigenvalue weighted by atomic mass is 10.9. The van der Waals surface area contributed by atoms with Gasteiger partial charge in [-0.2, -0.15) is 0 Å². The molecule has 0 saturated carbocycles. The fourth-order valence-electron chi connectivity index (χ4n) is 0.565. The number of thiocarbonyl (C=S) groups is 1. The van der Waals surface area contributed by atoms with Gasteiger partial charge in [0.05, 0.1) is 0 Å². The summed E-state index contributed by atoms with van der Waals surface area (Å²) >= 11 is 6.70. The SMILES string of the molecule is CCSC(=S)n1ccnc1. The number of hydrogen-bond acceptors (Lipinski definition) is 3. The van der Waals surface area contributed by atoms with Crippen LogP contribution in [0, 0.1) is 0 Å². The van der Waals surface area contributed by atoms with Crippen molar-refractivity contribution in [2.75, 3.05) is 5.75 Å². The van der Waals surface area contributed by atoms with Gasteiger partial charge in [-0.15, -0.1) is 0 Å². The van der Waals surface area contributed by atoms with E-state index in [-0.39, 0.29) is 0 Å². The minimum Gasteiger partial charge on any atom is -0.291 e. The number of thioether (sulfide) groups is 1. The lowest BCUT2D eigenvalue weighted by Crippen LogP contribution is -2.00. The first kappa shape index (κ1) is 7.75. The van der Waals surface area contributed by atoms with Gasteiger partial charge in [0.25, 0.3) is 0 Å². The van der Waals surface area contributed by atoms with Crippen LogP contribution >= 0.6 is 24.0 Å². The average Bonchev–Trinajstić information content (AvgIpc) is 2.38. The molecule has 10 heavy (non-hydrogen) atoms. The molecule has 0 bridgehead atoms. The zero-order valence-corrected chi connectivity index (χ0v) is 7.28. The summed E-state index contributed by atoms with van der Waals surface area (Å²) in [4.78, 5) is 3.89. The van der Waals surface area contributed by atoms with Gasteiger partial charge in [-0.05, 0) is 5.75 Å². The van der Waals surface area contributed by atoms with Gasteiger partial charge in [-0.3, -0.25) is 4.57 Å². The summed E-state index contributed by atoms with van der Waals surface area (Å²) in [6.07, 6.45) is 5.29. The Morgan fingerprint density at radius 3 is 3.10 bits per heavy atom. The highest BCUT2D eigenvalue weighted by molar-refractivity contribution is 8.23. The van der Waals surface area contributed by atoms with Crippen molar-refractivity contribution in [3.63, 3.8) is 0 Å². The van der Waals surface area contributed by atoms with Crippen LogP contribution in [-0.4, -0.2) is 19.6 Å². The Morgan fingerprint density at radius 1 is 1.80 bits per heavy atom. The van der Waals surface area contributed by atoms with Crippen molar-refractivity contribution in [3.8, 4) is 0 Å². The number of aromatic nitrogens is 2. The van der Waals surface area contributed by atoms with Gasteiger partial charge in [0.2, 0.25) is 0 Å². The molecule has 0 aliphatic rings. The van der Waals surface area contributed by atoms with E-state index in [1.165, 1.54) is 0 Å². The van der Waals surface area contributed by atoms with Crippen molar-refractivity contribution < 1.29 is 0 Å². The molecule has 1 aromatic rings. The van der Waals surface area contributed by atoms with Crippen molar-refractivity contribution in [2.45, 2.75) is 6.92 Å². The standard InChI is InChI=1S/C6H8N2S2/c1-2-10-6(9)8-4-3-7-5-8/h3-5H,2H2,1H3. The van der Waals surface area contributed by atoms with Gasteiger partial charge in [0, 0.05) is 12.4 Å². The average molecular weight is 172 g/mol. The summed E-state index contributed by atoms with van der Waals surface area (Å²) in [5.74, 6) is 1.01. The number of imidazole rings is 1. The van der Waals surface area contributed by atoms with E-state index in [1.807, 2.05) is 10.8 Å². The smallest absolute Gasteiger partial charge is 0.145 e. The number of rotatable bonds is 1. The van der Waals surface area contributed by atoms with E-state index in [2.05, 4.69) is 11.9 Å². The summed E-state index contributed by atoms with van der Waals surface area (Å²) in [6.45, 7) is 2.08. The van der Waals surface area contributed by atoms with E-state index < -0.39 is 0 Å². The zero-order valence-electron chi connectivity index (χ0n) is 5.65. The van der Waals surface area contributed by atoms with Crippen molar-refractivity contribution in [1.29, 1.82) is 0 Å². The molecule has 0 fully saturated rings. The molecule has 0 aliphatic heterocycles. The van der Waals surface area contributed by atoms with Crippen LogP contribution in [0.3, 0.4) is 0 Å². The lowest BCUT2D eigenvalue weighted by Gasteiger charge is -1.99. The quantitative estimate of drug-likeness (QED) is 0.601. The minimum absolute atomic E-state index is 0.861. The number of hydrogen-bond donors (Lipinski definition) is 0. The van der Waals surface area contributed by atoms with Crippen LogP contribution in [0.25, 0.3) is 0 Å². The first-order chi connectivity index (χ1) is 4.84. The van der Waals surface area contributed by atoms with Crippen LogP contribution in [0.2, 0.25) is 0 Å². The van der Waals surface area contributed by atoms with Crippen LogP contribution < -0.4 is 0 Å². The molecule has 0 unspecified atom stereocenters. The van der Waals surface area contributed by atoms with Crippen molar-refractivity contribution >= 4 is 28.3 Å². The molecule has 0 spiro atoms. The molecule has 0 amide bonds. The first-order valence-electron chi connectivity index (χ1n) is 2.99. The van der Waals surface area contributed by atoms with Crippen LogP contribution in [0.15, 0.2) is 18.7 Å². The van der Waals surface area contributed by atoms with Crippen LogP contribution in [0.1, 0.15) is 6.92 Å². The van der Waals surface area contributed by atoms with Crippen LogP contribution in [-0.2, 0) is 0 Å². The zero-order chi connectivity index (χ0) is 7.40. The normalized spacial score (nSPS) is 9.70. The van der Waals surface area contributed by atoms with Crippen molar-refractivity contribution in [1.82, 2.24) is 9.55 Å². The summed E-state index contributed by atoms with van der Waals surface area (Å²) in [5, 5.41) is 0. The molecule has 0 N–H and O–H groups in total. The Hall–Kier alpha value is -0.350. The van der Waals surface area contributed by atoms with Crippen LogP contribution in [0.4, 0.5) is 0 Å². The molecule has 2 nitrogen and oxygen atoms in total. The fourth-order valence-corrected chi connectivity index (χ4v) is 1.53. The summed E-state index contributed by atoms with van der Waals surface area (Å²) in [5.41, 5.74) is 0. The van der Waals surface area contributed by atoms with Gasteiger partial charge < -0.3 is 0 Å². The first-order valence-corrected chi connectivity index (χ1v) is 4.39. The van der Waals surface area contributed by atoms with E-state index in [0.29, 0.717) is 0 Å². The van der Waals surface area contributed by atoms with Crippen molar-refractivity contribution in [2.24, 2.45) is 0 Å². The third kappa shape index (κ3) is 1.82. The van der Waals surface area contributed by atoms with Gasteiger partial charge in [0.15, 0.2) is 0 Å². The highest BCUT2D eigenvalue weighted by Crippen LogP contribution is 2.04. The molecular formula is C6H8N2S2. The minimum atomic E-state index is 0.861. The number of nitrogens with zero attached hydrogens (tertiary/aromatic N) is 2. The molecule has 54 valence electrons. The van der Waals surface area contributed by atoms with Gasteiger partial charge >= 0.3 is 0 Å². The molecular weight excluding hydrogens is 164 g/mol. The molecule has 0 radical (unpaired) electrons. The third-order valence-electron chi connectivity index (χ3n) is 0.983. The predicted molar refractivity (Wildman–Crippen MR) is 48.4 cm³/mol. The van der Waals surface area contributed by atoms with Crippen LogP contribution in [0.5, 0.6) is 0 Å². The summed E-state index contributed by atoms with van der Waals surface area (Å²) in [6, 6.07) is 0. The second-order valence-corrected chi connectivity index (χ2v) is 3.57. The second-order valence-electron chi connectivity index (χ2n) is 1.67. The highest BCUT2D eigenvalue weighted by atomic mass is 32.2. The Labute approximate surface area is 69.6 Å². The van der Waals surface area contributed by atoms with E-state index in [1.54, 1.807) is 24.3 Å². The van der Waals surface area contributed by atoms with E-state index in [0.717, 1.165) is 10.1 Å². The summed E-state index contributed by atoms with van der Waals surface area (Å²) < 4.78 is 2.70. The molecule has 4 heteroatoms. The van der Waals surface area contributed by atoms with E-state index in [9.17, 15) is 0 Å². The molecule has 1 aromatic heterocycles. The maximum atomic E-state index is 5.06. The largest absolute Gasteiger partial charge is 0.291 e. The molecule has 0 atom stereocenters. The molecule has 0 aliphatic carbocycles. The molecule has 0 aromatic carbocycles. The van der Waals surface area contributed by atoms with E-state index in [4.69, 9.17) is 12.2 Å². The van der Waals surface area contributed by atoms with Gasteiger partial charge in [-0.25, -0.2) is 4.98 Å². The molecule has 1 rings (SSSR count). The second kappa shape index (κ2) is 3.73. The van der Waals surface area contributed by atoms with Gasteiger partial charge in [-0.1, -0.05) is 30.9 Å².